The van der Waals surface area contributed by atoms with E-state index in [9.17, 15) is 22.8 Å². The quantitative estimate of drug-likeness (QED) is 0.468. The van der Waals surface area contributed by atoms with Crippen molar-refractivity contribution >= 4 is 34.5 Å². The molecule has 8 heteroatoms. The number of hydrogen-bond donors (Lipinski definition) is 1. The van der Waals surface area contributed by atoms with Crippen LogP contribution in [-0.4, -0.2) is 35.1 Å². The monoisotopic (exact) mass is 415 g/mol. The number of carbonyl (C=O) groups excluding carboxylic acids is 1. The van der Waals surface area contributed by atoms with Crippen LogP contribution in [0.25, 0.3) is 0 Å². The molecule has 1 N–H and O–H groups in total. The molecule has 0 fully saturated rings. The lowest BCUT2D eigenvalue weighted by molar-refractivity contribution is -0.186. The van der Waals surface area contributed by atoms with Crippen molar-refractivity contribution in [1.29, 1.82) is 0 Å². The standard InChI is InChI=1S/C13H13F3INO3/c1-7-6-8(4-5-9(7)10(19)20)12(2,17)18(3)11(21)13(14,15)16/h4-6H,1-3H3,(H,19,20). The molecule has 0 aliphatic rings. The molecule has 1 aromatic carbocycles. The zero-order valence-electron chi connectivity index (χ0n) is 11.5. The average molecular weight is 415 g/mol. The van der Waals surface area contributed by atoms with Gasteiger partial charge in [0.05, 0.1) is 5.56 Å². The fourth-order valence-electron chi connectivity index (χ4n) is 1.76. The van der Waals surface area contributed by atoms with Gasteiger partial charge in [0.25, 0.3) is 0 Å². The largest absolute Gasteiger partial charge is 0.478 e. The van der Waals surface area contributed by atoms with Crippen molar-refractivity contribution in [2.75, 3.05) is 7.05 Å². The van der Waals surface area contributed by atoms with Crippen LogP contribution in [-0.2, 0) is 8.34 Å². The fraction of sp³-hybridized carbons (Fsp3) is 0.385. The van der Waals surface area contributed by atoms with Crippen molar-refractivity contribution in [2.24, 2.45) is 0 Å². The van der Waals surface area contributed by atoms with Gasteiger partial charge in [0.2, 0.25) is 0 Å². The summed E-state index contributed by atoms with van der Waals surface area (Å²) in [6.07, 6.45) is -4.96. The maximum absolute atomic E-state index is 12.5. The number of aromatic carboxylic acids is 1. The van der Waals surface area contributed by atoms with Gasteiger partial charge >= 0.3 is 18.1 Å². The van der Waals surface area contributed by atoms with Crippen LogP contribution < -0.4 is 0 Å². The summed E-state index contributed by atoms with van der Waals surface area (Å²) in [4.78, 5) is 22.9. The van der Waals surface area contributed by atoms with Crippen LogP contribution in [0.4, 0.5) is 13.2 Å². The van der Waals surface area contributed by atoms with E-state index in [1.807, 2.05) is 0 Å². The predicted octanol–water partition coefficient (Wildman–Crippen LogP) is 3.32. The van der Waals surface area contributed by atoms with Crippen LogP contribution in [0.3, 0.4) is 0 Å². The lowest BCUT2D eigenvalue weighted by atomic mass is 10.0. The summed E-state index contributed by atoms with van der Waals surface area (Å²) in [6.45, 7) is 3.00. The first-order valence-electron chi connectivity index (χ1n) is 5.77. The number of amides is 1. The Morgan fingerprint density at radius 2 is 1.81 bits per heavy atom. The van der Waals surface area contributed by atoms with Gasteiger partial charge < -0.3 is 10.0 Å². The smallest absolute Gasteiger partial charge is 0.471 e. The Balaban J connectivity index is 3.22. The zero-order valence-corrected chi connectivity index (χ0v) is 13.6. The lowest BCUT2D eigenvalue weighted by Gasteiger charge is -2.35. The highest BCUT2D eigenvalue weighted by molar-refractivity contribution is 14.1. The second-order valence-electron chi connectivity index (χ2n) is 4.65. The number of nitrogens with zero attached hydrogens (tertiary/aromatic N) is 1. The van der Waals surface area contributed by atoms with Gasteiger partial charge in [-0.25, -0.2) is 4.79 Å². The summed E-state index contributed by atoms with van der Waals surface area (Å²) in [5, 5.41) is 8.95. The molecular weight excluding hydrogens is 402 g/mol. The SMILES string of the molecule is Cc1cc(C(C)(I)N(C)C(=O)C(F)(F)F)ccc1C(=O)O. The Labute approximate surface area is 133 Å². The molecule has 4 nitrogen and oxygen atoms in total. The molecule has 1 rings (SSSR count). The normalized spacial score (nSPS) is 14.4. The van der Waals surface area contributed by atoms with Crippen LogP contribution in [0.1, 0.15) is 28.4 Å². The summed E-state index contributed by atoms with van der Waals surface area (Å²) in [6, 6.07) is 4.19. The summed E-state index contributed by atoms with van der Waals surface area (Å²) >= 11 is 1.73. The molecule has 116 valence electrons. The van der Waals surface area contributed by atoms with Crippen molar-refractivity contribution in [3.63, 3.8) is 0 Å². The molecule has 0 heterocycles. The summed E-state index contributed by atoms with van der Waals surface area (Å²) in [5.74, 6) is -3.08. The fourth-order valence-corrected chi connectivity index (χ4v) is 2.32. The molecule has 0 aliphatic carbocycles. The van der Waals surface area contributed by atoms with Gasteiger partial charge in [-0.1, -0.05) is 12.1 Å². The number of aryl methyl sites for hydroxylation is 1. The van der Waals surface area contributed by atoms with E-state index in [1.165, 1.54) is 25.1 Å². The van der Waals surface area contributed by atoms with E-state index in [4.69, 9.17) is 5.11 Å². The van der Waals surface area contributed by atoms with Gasteiger partial charge in [0, 0.05) is 7.05 Å². The molecule has 1 aromatic rings. The highest BCUT2D eigenvalue weighted by Gasteiger charge is 2.46. The van der Waals surface area contributed by atoms with E-state index in [2.05, 4.69) is 0 Å². The lowest BCUT2D eigenvalue weighted by Crippen LogP contribution is -2.47. The Hall–Kier alpha value is -1.32. The minimum atomic E-state index is -4.96. The number of halogens is 4. The van der Waals surface area contributed by atoms with E-state index < -0.39 is 21.6 Å². The van der Waals surface area contributed by atoms with Crippen molar-refractivity contribution in [3.8, 4) is 0 Å². The zero-order chi connectivity index (χ0) is 16.6. The van der Waals surface area contributed by atoms with E-state index >= 15 is 0 Å². The molecule has 0 saturated carbocycles. The Morgan fingerprint density at radius 3 is 2.19 bits per heavy atom. The van der Waals surface area contributed by atoms with E-state index in [-0.39, 0.29) is 5.56 Å². The number of rotatable bonds is 3. The van der Waals surface area contributed by atoms with Crippen molar-refractivity contribution in [2.45, 2.75) is 23.6 Å². The molecule has 0 saturated heterocycles. The molecule has 0 bridgehead atoms. The van der Waals surface area contributed by atoms with Gasteiger partial charge in [0.1, 0.15) is 3.55 Å². The molecule has 1 amide bonds. The number of carboxylic acid groups (broad SMARTS) is 1. The summed E-state index contributed by atoms with van der Waals surface area (Å²) < 4.78 is 36.3. The molecule has 1 atom stereocenters. The third-order valence-electron chi connectivity index (χ3n) is 3.16. The first kappa shape index (κ1) is 17.7. The number of alkyl halides is 4. The van der Waals surface area contributed by atoms with E-state index in [1.54, 1.807) is 29.5 Å². The third-order valence-corrected chi connectivity index (χ3v) is 4.51. The maximum atomic E-state index is 12.5. The number of carboxylic acids is 1. The molecule has 1 unspecified atom stereocenters. The van der Waals surface area contributed by atoms with Crippen molar-refractivity contribution in [1.82, 2.24) is 4.90 Å². The van der Waals surface area contributed by atoms with Crippen LogP contribution in [0.2, 0.25) is 0 Å². The summed E-state index contributed by atoms with van der Waals surface area (Å²) in [7, 11) is 1.06. The van der Waals surface area contributed by atoms with Gasteiger partial charge in [-0.3, -0.25) is 4.79 Å². The van der Waals surface area contributed by atoms with E-state index in [0.29, 0.717) is 16.0 Å². The van der Waals surface area contributed by atoms with Gasteiger partial charge in [-0.15, -0.1) is 0 Å². The Kier molecular flexibility index (Phi) is 4.91. The molecule has 0 spiro atoms. The first-order chi connectivity index (χ1) is 9.39. The van der Waals surface area contributed by atoms with Crippen LogP contribution >= 0.6 is 22.6 Å². The van der Waals surface area contributed by atoms with Crippen LogP contribution in [0.15, 0.2) is 18.2 Å². The molecule has 21 heavy (non-hydrogen) atoms. The Bertz CT molecular complexity index is 585. The molecule has 0 aromatic heterocycles. The predicted molar refractivity (Wildman–Crippen MR) is 78.3 cm³/mol. The minimum Gasteiger partial charge on any atom is -0.478 e. The molecular formula is C13H13F3INO3. The van der Waals surface area contributed by atoms with Crippen LogP contribution in [0.5, 0.6) is 0 Å². The van der Waals surface area contributed by atoms with Crippen molar-refractivity contribution in [3.05, 3.63) is 34.9 Å². The van der Waals surface area contributed by atoms with Crippen molar-refractivity contribution < 1.29 is 27.9 Å². The topological polar surface area (TPSA) is 57.6 Å². The van der Waals surface area contributed by atoms with Gasteiger partial charge in [-0.2, -0.15) is 13.2 Å². The second kappa shape index (κ2) is 5.82. The number of hydrogen-bond acceptors (Lipinski definition) is 2. The number of benzene rings is 1. The third kappa shape index (κ3) is 3.66. The molecule has 0 aliphatic heterocycles. The van der Waals surface area contributed by atoms with Crippen LogP contribution in [0, 0.1) is 6.92 Å². The maximum Gasteiger partial charge on any atom is 0.471 e. The highest BCUT2D eigenvalue weighted by Crippen LogP contribution is 2.37. The Morgan fingerprint density at radius 1 is 1.29 bits per heavy atom. The second-order valence-corrected chi connectivity index (χ2v) is 6.75. The first-order valence-corrected chi connectivity index (χ1v) is 6.85. The van der Waals surface area contributed by atoms with Gasteiger partial charge in [-0.05, 0) is 53.6 Å². The molecule has 0 radical (unpaired) electrons. The minimum absolute atomic E-state index is 0.0655. The average Bonchev–Trinajstić information content (AvgIpc) is 2.35. The highest BCUT2D eigenvalue weighted by atomic mass is 127. The van der Waals surface area contributed by atoms with E-state index in [0.717, 1.165) is 7.05 Å². The summed E-state index contributed by atoms with van der Waals surface area (Å²) in [5.41, 5.74) is 0.886. The number of carbonyl (C=O) groups is 2. The van der Waals surface area contributed by atoms with Gasteiger partial charge in [0.15, 0.2) is 0 Å².